The maximum Gasteiger partial charge on any atom is 0.408 e. The van der Waals surface area contributed by atoms with Crippen molar-refractivity contribution in [2.24, 2.45) is 0 Å². The van der Waals surface area contributed by atoms with Crippen LogP contribution in [0.5, 0.6) is 0 Å². The van der Waals surface area contributed by atoms with Gasteiger partial charge in [0.05, 0.1) is 6.61 Å². The molecule has 1 saturated carbocycles. The van der Waals surface area contributed by atoms with Crippen LogP contribution >= 0.6 is 0 Å². The van der Waals surface area contributed by atoms with E-state index in [1.807, 2.05) is 0 Å². The molecule has 148 valence electrons. The summed E-state index contributed by atoms with van der Waals surface area (Å²) < 4.78 is 36.2. The smallest absolute Gasteiger partial charge is 0.408 e. The highest BCUT2D eigenvalue weighted by molar-refractivity contribution is 7.91. The second-order valence-corrected chi connectivity index (χ2v) is 9.42. The molecule has 0 heterocycles. The lowest BCUT2D eigenvalue weighted by Crippen LogP contribution is -2.60. The van der Waals surface area contributed by atoms with E-state index in [0.29, 0.717) is 12.8 Å². The van der Waals surface area contributed by atoms with Crippen molar-refractivity contribution in [3.05, 3.63) is 25.3 Å². The summed E-state index contributed by atoms with van der Waals surface area (Å²) in [7, 11) is -2.60. The van der Waals surface area contributed by atoms with Gasteiger partial charge in [0.25, 0.3) is 5.91 Å². The quantitative estimate of drug-likeness (QED) is 0.581. The van der Waals surface area contributed by atoms with Gasteiger partial charge in [-0.1, -0.05) is 12.2 Å². The molecule has 1 rings (SSSR count). The molecule has 0 aromatic carbocycles. The van der Waals surface area contributed by atoms with Gasteiger partial charge in [0, 0.05) is 13.5 Å². The fraction of sp³-hybridized carbons (Fsp3) is 0.647. The third-order valence-electron chi connectivity index (χ3n) is 3.96. The van der Waals surface area contributed by atoms with E-state index in [2.05, 4.69) is 23.2 Å². The van der Waals surface area contributed by atoms with Gasteiger partial charge in [0.2, 0.25) is 10.0 Å². The van der Waals surface area contributed by atoms with Crippen LogP contribution in [0.1, 0.15) is 40.0 Å². The largest absolute Gasteiger partial charge is 0.444 e. The van der Waals surface area contributed by atoms with Crippen molar-refractivity contribution in [3.63, 3.8) is 0 Å². The van der Waals surface area contributed by atoms with Gasteiger partial charge in [0.15, 0.2) is 0 Å². The van der Waals surface area contributed by atoms with Gasteiger partial charge in [-0.2, -0.15) is 0 Å². The van der Waals surface area contributed by atoms with E-state index in [-0.39, 0.29) is 13.0 Å². The minimum atomic E-state index is -3.99. The third-order valence-corrected chi connectivity index (χ3v) is 6.08. The maximum absolute atomic E-state index is 12.8. The zero-order chi connectivity index (χ0) is 20.2. The zero-order valence-corrected chi connectivity index (χ0v) is 16.6. The number of alkyl carbamates (subject to hydrolysis) is 1. The van der Waals surface area contributed by atoms with E-state index in [1.54, 1.807) is 20.8 Å². The Balaban J connectivity index is 3.04. The number of rotatable bonds is 9. The maximum atomic E-state index is 12.8. The Kier molecular flexibility index (Phi) is 6.64. The molecule has 26 heavy (non-hydrogen) atoms. The molecule has 1 fully saturated rings. The van der Waals surface area contributed by atoms with Crippen LogP contribution in [0.3, 0.4) is 0 Å². The molecule has 1 aliphatic rings. The summed E-state index contributed by atoms with van der Waals surface area (Å²) >= 11 is 0. The summed E-state index contributed by atoms with van der Waals surface area (Å²) in [4.78, 5) is 24.9. The lowest BCUT2D eigenvalue weighted by molar-refractivity contribution is -0.124. The number of nitrogens with one attached hydrogen (secondary N) is 2. The third kappa shape index (κ3) is 5.07. The van der Waals surface area contributed by atoms with Crippen LogP contribution < -0.4 is 10.0 Å². The van der Waals surface area contributed by atoms with Crippen LogP contribution in [0.15, 0.2) is 25.3 Å². The number of carbonyl (C=O) groups excluding carboxylic acids is 2. The van der Waals surface area contributed by atoms with Crippen LogP contribution in [0.4, 0.5) is 4.79 Å². The topological polar surface area (TPSA) is 111 Å². The van der Waals surface area contributed by atoms with Gasteiger partial charge < -0.3 is 14.8 Å². The minimum Gasteiger partial charge on any atom is -0.444 e. The monoisotopic (exact) mass is 388 g/mol. The Labute approximate surface area is 155 Å². The summed E-state index contributed by atoms with van der Waals surface area (Å²) in [5, 5.41) is 2.41. The molecule has 0 aliphatic heterocycles. The predicted octanol–water partition coefficient (Wildman–Crippen LogP) is 1.64. The molecule has 0 aromatic rings. The number of ether oxygens (including phenoxy) is 2. The van der Waals surface area contributed by atoms with Gasteiger partial charge in [0.1, 0.15) is 15.9 Å². The molecule has 2 N–H and O–H groups in total. The van der Waals surface area contributed by atoms with Gasteiger partial charge >= 0.3 is 6.09 Å². The molecule has 0 spiro atoms. The average molecular weight is 388 g/mol. The molecule has 9 heteroatoms. The first-order valence-electron chi connectivity index (χ1n) is 8.18. The molecular weight excluding hydrogens is 360 g/mol. The second kappa shape index (κ2) is 7.79. The standard InChI is InChI=1S/C17H28N2O6S/c1-7-9-17(8-2,18-14(21)25-15(3,4)5)13(20)19-26(22,23)16(10-11-16)12-24-6/h7-8H,1-2,9-12H2,3-6H3,(H,18,21)(H,19,20). The lowest BCUT2D eigenvalue weighted by atomic mass is 9.94. The van der Waals surface area contributed by atoms with E-state index >= 15 is 0 Å². The normalized spacial score (nSPS) is 18.2. The summed E-state index contributed by atoms with van der Waals surface area (Å²) in [5.74, 6) is -0.930. The number of sulfonamides is 1. The van der Waals surface area contributed by atoms with Crippen LogP contribution in [0, 0.1) is 0 Å². The lowest BCUT2D eigenvalue weighted by Gasteiger charge is -2.31. The molecule has 1 unspecified atom stereocenters. The Bertz CT molecular complexity index is 676. The molecule has 0 bridgehead atoms. The van der Waals surface area contributed by atoms with Crippen LogP contribution in [0.2, 0.25) is 0 Å². The van der Waals surface area contributed by atoms with Gasteiger partial charge in [-0.25, -0.2) is 13.2 Å². The van der Waals surface area contributed by atoms with E-state index in [9.17, 15) is 18.0 Å². The van der Waals surface area contributed by atoms with Crippen molar-refractivity contribution < 1.29 is 27.5 Å². The van der Waals surface area contributed by atoms with Gasteiger partial charge in [-0.3, -0.25) is 9.52 Å². The molecule has 0 saturated heterocycles. The van der Waals surface area contributed by atoms with Crippen LogP contribution in [-0.2, 0) is 24.3 Å². The van der Waals surface area contributed by atoms with Crippen molar-refractivity contribution in [1.82, 2.24) is 10.0 Å². The molecule has 2 amide bonds. The van der Waals surface area contributed by atoms with Crippen molar-refractivity contribution in [2.45, 2.75) is 55.9 Å². The molecule has 8 nitrogen and oxygen atoms in total. The number of carbonyl (C=O) groups is 2. The number of hydrogen-bond acceptors (Lipinski definition) is 6. The SMILES string of the molecule is C=CCC(C=C)(NC(=O)OC(C)(C)C)C(=O)NS(=O)(=O)C1(COC)CC1. The van der Waals surface area contributed by atoms with Crippen molar-refractivity contribution in [2.75, 3.05) is 13.7 Å². The number of methoxy groups -OCH3 is 1. The fourth-order valence-electron chi connectivity index (χ4n) is 2.36. The molecular formula is C17H28N2O6S. The highest BCUT2D eigenvalue weighted by Crippen LogP contribution is 2.43. The van der Waals surface area contributed by atoms with E-state index < -0.39 is 37.9 Å². The van der Waals surface area contributed by atoms with E-state index in [1.165, 1.54) is 19.3 Å². The summed E-state index contributed by atoms with van der Waals surface area (Å²) in [6.45, 7) is 12.1. The van der Waals surface area contributed by atoms with Crippen LogP contribution in [0.25, 0.3) is 0 Å². The average Bonchev–Trinajstić information content (AvgIpc) is 3.26. The Morgan fingerprint density at radius 3 is 2.19 bits per heavy atom. The highest BCUT2D eigenvalue weighted by atomic mass is 32.2. The number of hydrogen-bond donors (Lipinski definition) is 2. The second-order valence-electron chi connectivity index (χ2n) is 7.35. The molecule has 1 atom stereocenters. The Morgan fingerprint density at radius 1 is 1.23 bits per heavy atom. The first-order valence-corrected chi connectivity index (χ1v) is 9.67. The van der Waals surface area contributed by atoms with Crippen LogP contribution in [-0.4, -0.2) is 50.0 Å². The summed E-state index contributed by atoms with van der Waals surface area (Å²) in [5.41, 5.74) is -2.50. The summed E-state index contributed by atoms with van der Waals surface area (Å²) in [6, 6.07) is 0. The molecule has 0 radical (unpaired) electrons. The van der Waals surface area contributed by atoms with E-state index in [4.69, 9.17) is 9.47 Å². The first-order chi connectivity index (χ1) is 11.9. The summed E-state index contributed by atoms with van der Waals surface area (Å²) in [6.07, 6.45) is 2.41. The molecule has 1 aliphatic carbocycles. The Morgan fingerprint density at radius 2 is 1.81 bits per heavy atom. The number of amides is 2. The first kappa shape index (κ1) is 22.2. The molecule has 0 aromatic heterocycles. The van der Waals surface area contributed by atoms with Crippen molar-refractivity contribution >= 4 is 22.0 Å². The van der Waals surface area contributed by atoms with Gasteiger partial charge in [-0.05, 0) is 33.6 Å². The zero-order valence-electron chi connectivity index (χ0n) is 15.8. The minimum absolute atomic E-state index is 0.0162. The van der Waals surface area contributed by atoms with Crippen molar-refractivity contribution in [3.8, 4) is 0 Å². The fourth-order valence-corrected chi connectivity index (χ4v) is 3.91. The predicted molar refractivity (Wildman–Crippen MR) is 98.0 cm³/mol. The van der Waals surface area contributed by atoms with Gasteiger partial charge in [-0.15, -0.1) is 13.2 Å². The van der Waals surface area contributed by atoms with Crippen molar-refractivity contribution in [1.29, 1.82) is 0 Å². The Hall–Kier alpha value is -1.87. The highest BCUT2D eigenvalue weighted by Gasteiger charge is 2.56. The van der Waals surface area contributed by atoms with E-state index in [0.717, 1.165) is 0 Å².